The van der Waals surface area contributed by atoms with Gasteiger partial charge in [-0.15, -0.1) is 0 Å². The molecule has 0 saturated heterocycles. The number of hydrogen-bond donors (Lipinski definition) is 0. The summed E-state index contributed by atoms with van der Waals surface area (Å²) in [6.07, 6.45) is 0. The summed E-state index contributed by atoms with van der Waals surface area (Å²) >= 11 is 0. The minimum absolute atomic E-state index is 0.442. The van der Waals surface area contributed by atoms with Crippen LogP contribution in [0.3, 0.4) is 0 Å². The van der Waals surface area contributed by atoms with E-state index in [0.29, 0.717) is 11.1 Å². The second-order valence-corrected chi connectivity index (χ2v) is 13.6. The number of aromatic nitrogens is 2. The zero-order valence-electron chi connectivity index (χ0n) is 29.6. The maximum atomic E-state index is 10.4. The average Bonchev–Trinajstić information content (AvgIpc) is 3.77. The Morgan fingerprint density at radius 3 is 1.78 bits per heavy atom. The Hall–Kier alpha value is -7.86. The Kier molecular flexibility index (Phi) is 7.51. The number of benzene rings is 8. The predicted molar refractivity (Wildman–Crippen MR) is 225 cm³/mol. The number of nitriles is 2. The summed E-state index contributed by atoms with van der Waals surface area (Å²) < 4.78 is 4.51. The van der Waals surface area contributed by atoms with Crippen LogP contribution in [0.15, 0.2) is 188 Å². The smallest absolute Gasteiger partial charge is 0.101 e. The van der Waals surface area contributed by atoms with Crippen LogP contribution >= 0.6 is 0 Å². The van der Waals surface area contributed by atoms with Crippen molar-refractivity contribution in [3.05, 3.63) is 199 Å². The molecule has 2 heterocycles. The van der Waals surface area contributed by atoms with Gasteiger partial charge in [0.15, 0.2) is 0 Å². The Balaban J connectivity index is 1.28. The van der Waals surface area contributed by atoms with E-state index in [1.165, 1.54) is 10.8 Å². The first-order chi connectivity index (χ1) is 27.2. The van der Waals surface area contributed by atoms with Crippen molar-refractivity contribution in [3.63, 3.8) is 0 Å². The number of hydrogen-bond acceptors (Lipinski definition) is 3. The normalized spacial score (nSPS) is 11.2. The summed E-state index contributed by atoms with van der Waals surface area (Å²) in [5.74, 6) is 0. The first-order valence-corrected chi connectivity index (χ1v) is 18.2. The predicted octanol–water partition coefficient (Wildman–Crippen LogP) is 12.8. The molecule has 0 aliphatic carbocycles. The molecule has 0 saturated carbocycles. The SMILES string of the molecule is N#Cc1ccc(-n2c3ccc(N(c4ccccc4)c4ccccc4)cc3c3c(-c4ccc5c(c4)c4ccccc4n5-c4ccccc4)cccc32)c(C#N)c1. The summed E-state index contributed by atoms with van der Waals surface area (Å²) in [6.45, 7) is 0. The minimum Gasteiger partial charge on any atom is -0.310 e. The lowest BCUT2D eigenvalue weighted by Gasteiger charge is -2.25. The van der Waals surface area contributed by atoms with Gasteiger partial charge in [-0.05, 0) is 108 Å². The third-order valence-electron chi connectivity index (χ3n) is 10.5. The number of rotatable bonds is 6. The van der Waals surface area contributed by atoms with Gasteiger partial charge in [0.1, 0.15) is 6.07 Å². The summed E-state index contributed by atoms with van der Waals surface area (Å²) in [6, 6.07) is 69.7. The highest BCUT2D eigenvalue weighted by atomic mass is 15.1. The van der Waals surface area contributed by atoms with Gasteiger partial charge in [-0.3, -0.25) is 0 Å². The molecule has 0 radical (unpaired) electrons. The Morgan fingerprint density at radius 1 is 0.418 bits per heavy atom. The lowest BCUT2D eigenvalue weighted by Crippen LogP contribution is -2.09. The van der Waals surface area contributed by atoms with Crippen LogP contribution in [0, 0.1) is 22.7 Å². The molecular weight excluding hydrogens is 671 g/mol. The molecule has 0 fully saturated rings. The topological polar surface area (TPSA) is 60.7 Å². The Morgan fingerprint density at radius 2 is 1.05 bits per heavy atom. The highest BCUT2D eigenvalue weighted by molar-refractivity contribution is 6.18. The van der Waals surface area contributed by atoms with Gasteiger partial charge in [0.2, 0.25) is 0 Å². The lowest BCUT2D eigenvalue weighted by atomic mass is 9.97. The van der Waals surface area contributed by atoms with E-state index in [4.69, 9.17) is 0 Å². The summed E-state index contributed by atoms with van der Waals surface area (Å²) in [5.41, 5.74) is 12.3. The highest BCUT2D eigenvalue weighted by Crippen LogP contribution is 2.44. The van der Waals surface area contributed by atoms with Crippen molar-refractivity contribution >= 4 is 60.7 Å². The zero-order valence-corrected chi connectivity index (χ0v) is 29.6. The van der Waals surface area contributed by atoms with E-state index in [1.54, 1.807) is 12.1 Å². The first-order valence-electron chi connectivity index (χ1n) is 18.2. The number of para-hydroxylation sites is 4. The average molecular weight is 702 g/mol. The van der Waals surface area contributed by atoms with Crippen molar-refractivity contribution in [2.45, 2.75) is 0 Å². The summed E-state index contributed by atoms with van der Waals surface area (Å²) in [7, 11) is 0. The van der Waals surface area contributed by atoms with Gasteiger partial charge in [-0.25, -0.2) is 0 Å². The maximum absolute atomic E-state index is 10.4. The molecule has 5 nitrogen and oxygen atoms in total. The van der Waals surface area contributed by atoms with E-state index < -0.39 is 0 Å². The van der Waals surface area contributed by atoms with Crippen molar-refractivity contribution in [1.82, 2.24) is 9.13 Å². The second kappa shape index (κ2) is 13.0. The van der Waals surface area contributed by atoms with Crippen LogP contribution in [0.25, 0.3) is 66.1 Å². The fraction of sp³-hybridized carbons (Fsp3) is 0. The molecule has 55 heavy (non-hydrogen) atoms. The Bertz CT molecular complexity index is 3120. The maximum Gasteiger partial charge on any atom is 0.101 e. The van der Waals surface area contributed by atoms with E-state index in [0.717, 1.165) is 72.4 Å². The third kappa shape index (κ3) is 5.15. The fourth-order valence-corrected chi connectivity index (χ4v) is 8.18. The quantitative estimate of drug-likeness (QED) is 0.173. The molecule has 0 aliphatic rings. The van der Waals surface area contributed by atoms with Gasteiger partial charge >= 0.3 is 0 Å². The fourth-order valence-electron chi connectivity index (χ4n) is 8.18. The number of anilines is 3. The molecule has 0 aliphatic heterocycles. The molecule has 0 bridgehead atoms. The molecule has 8 aromatic carbocycles. The molecule has 2 aromatic heterocycles. The molecule has 0 unspecified atom stereocenters. The minimum atomic E-state index is 0.442. The molecule has 0 spiro atoms. The summed E-state index contributed by atoms with van der Waals surface area (Å²) in [5, 5.41) is 24.6. The molecule has 256 valence electrons. The molecule has 10 aromatic rings. The number of fused-ring (bicyclic) bond motifs is 6. The van der Waals surface area contributed by atoms with Crippen LogP contribution in [0.5, 0.6) is 0 Å². The molecular formula is C50H31N5. The van der Waals surface area contributed by atoms with Gasteiger partial charge in [0.05, 0.1) is 45.0 Å². The van der Waals surface area contributed by atoms with Crippen molar-refractivity contribution in [1.29, 1.82) is 10.5 Å². The van der Waals surface area contributed by atoms with Crippen LogP contribution in [0.1, 0.15) is 11.1 Å². The first kappa shape index (κ1) is 31.8. The van der Waals surface area contributed by atoms with Gasteiger partial charge in [-0.2, -0.15) is 10.5 Å². The molecule has 0 amide bonds. The van der Waals surface area contributed by atoms with Crippen LogP contribution in [0.2, 0.25) is 0 Å². The highest BCUT2D eigenvalue weighted by Gasteiger charge is 2.22. The van der Waals surface area contributed by atoms with Gasteiger partial charge < -0.3 is 14.0 Å². The van der Waals surface area contributed by atoms with Crippen LogP contribution in [-0.2, 0) is 0 Å². The van der Waals surface area contributed by atoms with Gasteiger partial charge in [0, 0.05) is 44.3 Å². The third-order valence-corrected chi connectivity index (χ3v) is 10.5. The monoisotopic (exact) mass is 701 g/mol. The van der Waals surface area contributed by atoms with Gasteiger partial charge in [0.25, 0.3) is 0 Å². The second-order valence-electron chi connectivity index (χ2n) is 13.6. The summed E-state index contributed by atoms with van der Waals surface area (Å²) in [4.78, 5) is 2.28. The van der Waals surface area contributed by atoms with Crippen LogP contribution < -0.4 is 4.90 Å². The molecule has 0 N–H and O–H groups in total. The molecule has 0 atom stereocenters. The number of nitrogens with zero attached hydrogens (tertiary/aromatic N) is 5. The van der Waals surface area contributed by atoms with Crippen molar-refractivity contribution < 1.29 is 0 Å². The Labute approximate surface area is 318 Å². The van der Waals surface area contributed by atoms with E-state index >= 15 is 0 Å². The standard InChI is InChI=1S/C50H31N5/c51-32-34-23-26-45(36(29-34)33-52)55-48-28-25-40(53(37-13-4-1-5-14-37)38-15-6-2-7-16-38)31-44(48)50-41(20-12-22-49(50)55)35-24-27-47-43(30-35)42-19-10-11-21-46(42)54(47)39-17-8-3-9-18-39/h1-31H. The lowest BCUT2D eigenvalue weighted by molar-refractivity contribution is 1.16. The van der Waals surface area contributed by atoms with Crippen molar-refractivity contribution in [2.24, 2.45) is 0 Å². The zero-order chi connectivity index (χ0) is 36.9. The molecule has 10 rings (SSSR count). The van der Waals surface area contributed by atoms with Crippen molar-refractivity contribution in [3.8, 4) is 34.6 Å². The van der Waals surface area contributed by atoms with E-state index in [-0.39, 0.29) is 0 Å². The van der Waals surface area contributed by atoms with Gasteiger partial charge in [-0.1, -0.05) is 91.0 Å². The van der Waals surface area contributed by atoms with E-state index in [9.17, 15) is 10.5 Å². The van der Waals surface area contributed by atoms with Crippen LogP contribution in [0.4, 0.5) is 17.1 Å². The van der Waals surface area contributed by atoms with E-state index in [2.05, 4.69) is 178 Å². The largest absolute Gasteiger partial charge is 0.310 e. The van der Waals surface area contributed by atoms with Crippen molar-refractivity contribution in [2.75, 3.05) is 4.90 Å². The van der Waals surface area contributed by atoms with Crippen LogP contribution in [-0.4, -0.2) is 9.13 Å². The van der Waals surface area contributed by atoms with E-state index in [1.807, 2.05) is 24.3 Å². The molecule has 5 heteroatoms.